The van der Waals surface area contributed by atoms with Gasteiger partial charge < -0.3 is 14.6 Å². The number of piperidine rings is 1. The lowest BCUT2D eigenvalue weighted by molar-refractivity contribution is 0.171. The first-order valence-corrected chi connectivity index (χ1v) is 13.2. The minimum Gasteiger partial charge on any atom is -0.489 e. The van der Waals surface area contributed by atoms with Crippen molar-refractivity contribution in [2.75, 3.05) is 32.1 Å². The molecule has 3 aromatic rings. The van der Waals surface area contributed by atoms with Crippen LogP contribution in [-0.2, 0) is 16.4 Å². The fraction of sp³-hybridized carbons (Fsp3) is 0.400. The van der Waals surface area contributed by atoms with Gasteiger partial charge in [-0.25, -0.2) is 22.7 Å². The van der Waals surface area contributed by atoms with Crippen LogP contribution in [-0.4, -0.2) is 61.0 Å². The van der Waals surface area contributed by atoms with Crippen molar-refractivity contribution in [3.63, 3.8) is 0 Å². The summed E-state index contributed by atoms with van der Waals surface area (Å²) in [4.78, 5) is 26.7. The maximum Gasteiger partial charge on any atom is 0.259 e. The van der Waals surface area contributed by atoms with E-state index < -0.39 is 10.0 Å². The molecule has 1 aliphatic heterocycles. The minimum absolute atomic E-state index is 0.0560. The zero-order valence-corrected chi connectivity index (χ0v) is 21.1. The van der Waals surface area contributed by atoms with Crippen LogP contribution in [0.25, 0.3) is 11.1 Å². The molecule has 10 heteroatoms. The highest BCUT2D eigenvalue weighted by Gasteiger charge is 2.24. The Hall–Kier alpha value is -3.24. The second-order valence-corrected chi connectivity index (χ2v) is 11.0. The van der Waals surface area contributed by atoms with E-state index in [2.05, 4.69) is 26.8 Å². The van der Waals surface area contributed by atoms with Crippen LogP contribution < -0.4 is 15.2 Å². The summed E-state index contributed by atoms with van der Waals surface area (Å²) in [5.41, 5.74) is 1.84. The number of benzene rings is 1. The zero-order valence-electron chi connectivity index (χ0n) is 20.3. The number of anilines is 1. The van der Waals surface area contributed by atoms with E-state index in [1.165, 1.54) is 26.2 Å². The highest BCUT2D eigenvalue weighted by Crippen LogP contribution is 2.30. The summed E-state index contributed by atoms with van der Waals surface area (Å²) in [5.74, 6) is 1.21. The number of aromatic amines is 1. The summed E-state index contributed by atoms with van der Waals surface area (Å²) in [6, 6.07) is 8.02. The maximum atomic E-state index is 12.7. The van der Waals surface area contributed by atoms with Crippen LogP contribution in [0.2, 0.25) is 0 Å². The molecule has 0 amide bonds. The molecule has 0 unspecified atom stereocenters. The number of sulfonamides is 1. The Morgan fingerprint density at radius 2 is 1.74 bits per heavy atom. The van der Waals surface area contributed by atoms with Crippen molar-refractivity contribution in [2.24, 2.45) is 0 Å². The quantitative estimate of drug-likeness (QED) is 0.509. The number of nitrogens with zero attached hydrogens (tertiary/aromatic N) is 4. The molecule has 1 aromatic carbocycles. The van der Waals surface area contributed by atoms with Crippen LogP contribution in [0.4, 0.5) is 5.95 Å². The van der Waals surface area contributed by atoms with E-state index in [4.69, 9.17) is 4.74 Å². The molecule has 0 saturated carbocycles. The molecule has 0 spiro atoms. The molecule has 1 N–H and O–H groups in total. The summed E-state index contributed by atoms with van der Waals surface area (Å²) in [5, 5.41) is 0. The number of hydrogen-bond acceptors (Lipinski definition) is 7. The molecule has 0 atom stereocenters. The number of rotatable bonds is 8. The lowest BCUT2D eigenvalue weighted by Crippen LogP contribution is -2.39. The molecule has 2 aromatic heterocycles. The van der Waals surface area contributed by atoms with Gasteiger partial charge in [-0.15, -0.1) is 0 Å². The Morgan fingerprint density at radius 1 is 1.09 bits per heavy atom. The van der Waals surface area contributed by atoms with Crippen molar-refractivity contribution in [3.05, 3.63) is 64.8 Å². The molecule has 1 fully saturated rings. The molecular weight excluding hydrogens is 466 g/mol. The Balaban J connectivity index is 1.47. The van der Waals surface area contributed by atoms with Gasteiger partial charge in [-0.3, -0.25) is 4.79 Å². The van der Waals surface area contributed by atoms with Crippen LogP contribution >= 0.6 is 0 Å². The lowest BCUT2D eigenvalue weighted by atomic mass is 10.1. The van der Waals surface area contributed by atoms with Gasteiger partial charge in [0.1, 0.15) is 11.9 Å². The molecule has 3 heterocycles. The summed E-state index contributed by atoms with van der Waals surface area (Å²) in [7, 11) is -0.587. The molecular formula is C25H31N5O4S. The van der Waals surface area contributed by atoms with Gasteiger partial charge in [0.15, 0.2) is 0 Å². The highest BCUT2D eigenvalue weighted by molar-refractivity contribution is 7.89. The average molecular weight is 498 g/mol. The average Bonchev–Trinajstić information content (AvgIpc) is 2.85. The summed E-state index contributed by atoms with van der Waals surface area (Å²) >= 11 is 0. The molecule has 1 aliphatic rings. The molecule has 1 saturated heterocycles. The Bertz CT molecular complexity index is 1300. The van der Waals surface area contributed by atoms with Gasteiger partial charge in [0.25, 0.3) is 5.56 Å². The van der Waals surface area contributed by atoms with Gasteiger partial charge in [-0.05, 0) is 35.7 Å². The third kappa shape index (κ3) is 5.54. The molecule has 9 nitrogen and oxygen atoms in total. The Kier molecular flexibility index (Phi) is 7.51. The number of aromatic nitrogens is 3. The summed E-state index contributed by atoms with van der Waals surface area (Å²) in [6.45, 7) is 3.65. The number of ether oxygens (including phenoxy) is 1. The van der Waals surface area contributed by atoms with Crippen molar-refractivity contribution in [3.8, 4) is 16.9 Å². The Labute approximate surface area is 205 Å². The van der Waals surface area contributed by atoms with Gasteiger partial charge in [-0.1, -0.05) is 25.5 Å². The van der Waals surface area contributed by atoms with Crippen molar-refractivity contribution in [1.29, 1.82) is 0 Å². The molecule has 0 radical (unpaired) electrons. The number of aryl methyl sites for hydroxylation is 1. The van der Waals surface area contributed by atoms with Crippen molar-refractivity contribution in [2.45, 2.75) is 43.6 Å². The van der Waals surface area contributed by atoms with Gasteiger partial charge >= 0.3 is 0 Å². The van der Waals surface area contributed by atoms with E-state index in [1.54, 1.807) is 24.4 Å². The topological polar surface area (TPSA) is 108 Å². The largest absolute Gasteiger partial charge is 0.489 e. The van der Waals surface area contributed by atoms with E-state index >= 15 is 0 Å². The van der Waals surface area contributed by atoms with Crippen molar-refractivity contribution < 1.29 is 13.2 Å². The van der Waals surface area contributed by atoms with Crippen LogP contribution in [0, 0.1) is 0 Å². The van der Waals surface area contributed by atoms with Gasteiger partial charge in [-0.2, -0.15) is 0 Å². The van der Waals surface area contributed by atoms with Crippen LogP contribution in [0.5, 0.6) is 5.75 Å². The molecule has 0 bridgehead atoms. The maximum absolute atomic E-state index is 12.7. The first kappa shape index (κ1) is 24.9. The predicted octanol–water partition coefficient (Wildman–Crippen LogP) is 3.08. The third-order valence-corrected chi connectivity index (χ3v) is 7.92. The normalized spacial score (nSPS) is 14.9. The Morgan fingerprint density at radius 3 is 2.34 bits per heavy atom. The first-order valence-electron chi connectivity index (χ1n) is 11.8. The van der Waals surface area contributed by atoms with Crippen molar-refractivity contribution in [1.82, 2.24) is 19.3 Å². The van der Waals surface area contributed by atoms with E-state index in [1.807, 2.05) is 12.4 Å². The van der Waals surface area contributed by atoms with E-state index in [0.29, 0.717) is 16.9 Å². The monoisotopic (exact) mass is 497 g/mol. The van der Waals surface area contributed by atoms with Gasteiger partial charge in [0, 0.05) is 58.6 Å². The van der Waals surface area contributed by atoms with Gasteiger partial charge in [0.2, 0.25) is 16.0 Å². The summed E-state index contributed by atoms with van der Waals surface area (Å²) < 4.78 is 32.2. The van der Waals surface area contributed by atoms with E-state index in [9.17, 15) is 13.2 Å². The van der Waals surface area contributed by atoms with Crippen LogP contribution in [0.15, 0.2) is 58.6 Å². The van der Waals surface area contributed by atoms with Crippen LogP contribution in [0.3, 0.4) is 0 Å². The first-order chi connectivity index (χ1) is 16.8. The smallest absolute Gasteiger partial charge is 0.259 e. The third-order valence-electron chi connectivity index (χ3n) is 6.09. The zero-order chi connectivity index (χ0) is 25.0. The van der Waals surface area contributed by atoms with Crippen LogP contribution in [0.1, 0.15) is 31.7 Å². The number of pyridine rings is 1. The molecule has 35 heavy (non-hydrogen) atoms. The van der Waals surface area contributed by atoms with Gasteiger partial charge in [0.05, 0.1) is 10.5 Å². The molecule has 186 valence electrons. The SMILES string of the molecule is CCCc1cnc(N2CCC(Oc3cc[nH]c(=O)c3-c3ccc(S(=O)(=O)N(C)C)cc3)CC2)nc1. The second kappa shape index (κ2) is 10.6. The predicted molar refractivity (Wildman–Crippen MR) is 135 cm³/mol. The fourth-order valence-corrected chi connectivity index (χ4v) is 5.02. The summed E-state index contributed by atoms with van der Waals surface area (Å²) in [6.07, 6.45) is 8.88. The lowest BCUT2D eigenvalue weighted by Gasteiger charge is -2.32. The van der Waals surface area contributed by atoms with E-state index in [-0.39, 0.29) is 16.6 Å². The standard InChI is InChI=1S/C25H31N5O4S/c1-4-5-18-16-27-25(28-17-18)30-14-11-20(12-15-30)34-22-10-13-26-24(31)23(22)19-6-8-21(9-7-19)35(32,33)29(2)3/h6-10,13,16-17,20H,4-5,11-12,14-15H2,1-3H3,(H,26,31). The van der Waals surface area contributed by atoms with E-state index in [0.717, 1.165) is 54.6 Å². The second-order valence-electron chi connectivity index (χ2n) is 8.80. The number of H-pyrrole nitrogens is 1. The fourth-order valence-electron chi connectivity index (χ4n) is 4.12. The minimum atomic E-state index is -3.55. The molecule has 0 aliphatic carbocycles. The number of nitrogens with one attached hydrogen (secondary N) is 1. The molecule has 4 rings (SSSR count). The number of hydrogen-bond donors (Lipinski definition) is 1. The highest BCUT2D eigenvalue weighted by atomic mass is 32.2. The van der Waals surface area contributed by atoms with Crippen molar-refractivity contribution >= 4 is 16.0 Å².